The Bertz CT molecular complexity index is 676. The fraction of sp³-hybridized carbons (Fsp3) is 0.312. The van der Waals surface area contributed by atoms with Crippen molar-refractivity contribution in [1.29, 1.82) is 0 Å². The topological polar surface area (TPSA) is 53.5 Å². The van der Waals surface area contributed by atoms with E-state index in [2.05, 4.69) is 4.98 Å². The maximum Gasteiger partial charge on any atom is 0.273 e. The van der Waals surface area contributed by atoms with Crippen LogP contribution >= 0.6 is 11.3 Å². The van der Waals surface area contributed by atoms with Crippen LogP contribution in [0.5, 0.6) is 0 Å². The molecular weight excluding hydrogens is 298 g/mol. The van der Waals surface area contributed by atoms with E-state index >= 15 is 0 Å². The van der Waals surface area contributed by atoms with E-state index in [0.717, 1.165) is 10.6 Å². The Morgan fingerprint density at radius 1 is 1.05 bits per heavy atom. The average Bonchev–Trinajstić information content (AvgIpc) is 3.05. The van der Waals surface area contributed by atoms with Crippen molar-refractivity contribution in [2.75, 3.05) is 26.2 Å². The molecule has 0 radical (unpaired) electrons. The van der Waals surface area contributed by atoms with E-state index in [4.69, 9.17) is 0 Å². The zero-order valence-corrected chi connectivity index (χ0v) is 13.2. The summed E-state index contributed by atoms with van der Waals surface area (Å²) in [5.74, 6) is 0.00811. The Balaban J connectivity index is 1.69. The minimum absolute atomic E-state index is 0.0540. The number of hydrogen-bond donors (Lipinski definition) is 0. The summed E-state index contributed by atoms with van der Waals surface area (Å²) in [4.78, 5) is 31.8. The quantitative estimate of drug-likeness (QED) is 0.853. The summed E-state index contributed by atoms with van der Waals surface area (Å²) < 4.78 is 0. The van der Waals surface area contributed by atoms with Gasteiger partial charge in [-0.3, -0.25) is 9.59 Å². The first-order valence-corrected chi connectivity index (χ1v) is 8.09. The van der Waals surface area contributed by atoms with Gasteiger partial charge in [0.15, 0.2) is 0 Å². The second-order valence-corrected chi connectivity index (χ2v) is 6.06. The average molecular weight is 315 g/mol. The molecule has 5 nitrogen and oxygen atoms in total. The maximum absolute atomic E-state index is 12.5. The minimum Gasteiger partial charge on any atom is -0.339 e. The molecule has 1 aromatic carbocycles. The van der Waals surface area contributed by atoms with Crippen LogP contribution in [0.2, 0.25) is 0 Å². The van der Waals surface area contributed by atoms with Crippen LogP contribution < -0.4 is 0 Å². The Hall–Kier alpha value is -2.21. The first-order chi connectivity index (χ1) is 10.6. The van der Waals surface area contributed by atoms with Crippen molar-refractivity contribution in [2.24, 2.45) is 0 Å². The van der Waals surface area contributed by atoms with Gasteiger partial charge < -0.3 is 9.80 Å². The molecule has 3 rings (SSSR count). The molecule has 22 heavy (non-hydrogen) atoms. The second-order valence-electron chi connectivity index (χ2n) is 5.20. The second kappa shape index (κ2) is 6.27. The highest BCUT2D eigenvalue weighted by molar-refractivity contribution is 7.13. The Morgan fingerprint density at radius 2 is 1.68 bits per heavy atom. The standard InChI is InChI=1S/C16H17N3O2S/c1-12(20)18-7-9-19(10-8-18)16(21)14-11-22-15(17-14)13-5-3-2-4-6-13/h2-6,11H,7-10H2,1H3. The van der Waals surface area contributed by atoms with Gasteiger partial charge in [-0.05, 0) is 0 Å². The number of carbonyl (C=O) groups excluding carboxylic acids is 2. The third-order valence-corrected chi connectivity index (χ3v) is 4.65. The molecule has 2 heterocycles. The van der Waals surface area contributed by atoms with Crippen molar-refractivity contribution in [2.45, 2.75) is 6.92 Å². The Kier molecular flexibility index (Phi) is 4.20. The molecule has 1 aliphatic rings. The van der Waals surface area contributed by atoms with E-state index in [1.165, 1.54) is 11.3 Å². The van der Waals surface area contributed by atoms with Crippen LogP contribution in [0.4, 0.5) is 0 Å². The van der Waals surface area contributed by atoms with Crippen molar-refractivity contribution >= 4 is 23.2 Å². The van der Waals surface area contributed by atoms with Gasteiger partial charge in [-0.15, -0.1) is 11.3 Å². The van der Waals surface area contributed by atoms with Crippen molar-refractivity contribution in [3.63, 3.8) is 0 Å². The summed E-state index contributed by atoms with van der Waals surface area (Å²) in [6, 6.07) is 9.84. The molecule has 1 fully saturated rings. The molecule has 2 amide bonds. The number of rotatable bonds is 2. The summed E-state index contributed by atoms with van der Waals surface area (Å²) in [5, 5.41) is 2.66. The van der Waals surface area contributed by atoms with Crippen LogP contribution in [0, 0.1) is 0 Å². The summed E-state index contributed by atoms with van der Waals surface area (Å²) in [6.45, 7) is 3.88. The fourth-order valence-corrected chi connectivity index (χ4v) is 3.27. The monoisotopic (exact) mass is 315 g/mol. The molecule has 0 saturated carbocycles. The van der Waals surface area contributed by atoms with Gasteiger partial charge in [-0.2, -0.15) is 0 Å². The van der Waals surface area contributed by atoms with Crippen LogP contribution in [0.1, 0.15) is 17.4 Å². The highest BCUT2D eigenvalue weighted by Crippen LogP contribution is 2.24. The van der Waals surface area contributed by atoms with Gasteiger partial charge in [-0.25, -0.2) is 4.98 Å². The minimum atomic E-state index is -0.0540. The highest BCUT2D eigenvalue weighted by Gasteiger charge is 2.24. The van der Waals surface area contributed by atoms with Crippen LogP contribution in [0.3, 0.4) is 0 Å². The number of hydrogen-bond acceptors (Lipinski definition) is 4. The van der Waals surface area contributed by atoms with E-state index in [9.17, 15) is 9.59 Å². The highest BCUT2D eigenvalue weighted by atomic mass is 32.1. The van der Waals surface area contributed by atoms with Gasteiger partial charge in [0, 0.05) is 44.0 Å². The summed E-state index contributed by atoms with van der Waals surface area (Å²) in [6.07, 6.45) is 0. The van der Waals surface area contributed by atoms with Gasteiger partial charge in [-0.1, -0.05) is 30.3 Å². The Morgan fingerprint density at radius 3 is 2.32 bits per heavy atom. The molecule has 1 aliphatic heterocycles. The van der Waals surface area contributed by atoms with E-state index in [1.807, 2.05) is 35.7 Å². The van der Waals surface area contributed by atoms with Gasteiger partial charge >= 0.3 is 0 Å². The molecule has 0 unspecified atom stereocenters. The summed E-state index contributed by atoms with van der Waals surface area (Å²) >= 11 is 1.48. The van der Waals surface area contributed by atoms with Gasteiger partial charge in [0.25, 0.3) is 5.91 Å². The van der Waals surface area contributed by atoms with Gasteiger partial charge in [0.1, 0.15) is 10.7 Å². The molecule has 114 valence electrons. The molecule has 0 N–H and O–H groups in total. The lowest BCUT2D eigenvalue weighted by atomic mass is 10.2. The largest absolute Gasteiger partial charge is 0.339 e. The van der Waals surface area contributed by atoms with Crippen LogP contribution in [-0.2, 0) is 4.79 Å². The molecule has 1 saturated heterocycles. The molecule has 0 aliphatic carbocycles. The lowest BCUT2D eigenvalue weighted by Crippen LogP contribution is -2.50. The van der Waals surface area contributed by atoms with E-state index in [-0.39, 0.29) is 11.8 Å². The number of amides is 2. The molecule has 2 aromatic rings. The van der Waals surface area contributed by atoms with Crippen molar-refractivity contribution in [1.82, 2.24) is 14.8 Å². The van der Waals surface area contributed by atoms with E-state index in [0.29, 0.717) is 31.9 Å². The smallest absolute Gasteiger partial charge is 0.273 e. The molecule has 0 atom stereocenters. The van der Waals surface area contributed by atoms with Crippen LogP contribution in [-0.4, -0.2) is 52.8 Å². The SMILES string of the molecule is CC(=O)N1CCN(C(=O)c2csc(-c3ccccc3)n2)CC1. The molecule has 1 aromatic heterocycles. The molecular formula is C16H17N3O2S. The number of nitrogens with zero attached hydrogens (tertiary/aromatic N) is 3. The molecule has 6 heteroatoms. The Labute approximate surface area is 133 Å². The lowest BCUT2D eigenvalue weighted by molar-refractivity contribution is -0.130. The summed E-state index contributed by atoms with van der Waals surface area (Å²) in [5.41, 5.74) is 1.51. The van der Waals surface area contributed by atoms with E-state index < -0.39 is 0 Å². The third kappa shape index (κ3) is 3.01. The van der Waals surface area contributed by atoms with Crippen LogP contribution in [0.15, 0.2) is 35.7 Å². The lowest BCUT2D eigenvalue weighted by Gasteiger charge is -2.33. The van der Waals surface area contributed by atoms with Crippen LogP contribution in [0.25, 0.3) is 10.6 Å². The number of carbonyl (C=O) groups is 2. The first-order valence-electron chi connectivity index (χ1n) is 7.21. The van der Waals surface area contributed by atoms with Gasteiger partial charge in [0.2, 0.25) is 5.91 Å². The normalized spacial score (nSPS) is 15.0. The molecule has 0 bridgehead atoms. The van der Waals surface area contributed by atoms with Gasteiger partial charge in [0.05, 0.1) is 0 Å². The number of aromatic nitrogens is 1. The van der Waals surface area contributed by atoms with E-state index in [1.54, 1.807) is 16.7 Å². The maximum atomic E-state index is 12.5. The summed E-state index contributed by atoms with van der Waals surface area (Å²) in [7, 11) is 0. The van der Waals surface area contributed by atoms with Crippen molar-refractivity contribution in [3.05, 3.63) is 41.4 Å². The number of benzene rings is 1. The van der Waals surface area contributed by atoms with Crippen molar-refractivity contribution < 1.29 is 9.59 Å². The van der Waals surface area contributed by atoms with Crippen molar-refractivity contribution in [3.8, 4) is 10.6 Å². The predicted molar refractivity (Wildman–Crippen MR) is 85.7 cm³/mol. The first kappa shape index (κ1) is 14.7. The zero-order valence-electron chi connectivity index (χ0n) is 12.4. The molecule has 0 spiro atoms. The number of thiazole rings is 1. The third-order valence-electron chi connectivity index (χ3n) is 3.76. The predicted octanol–water partition coefficient (Wildman–Crippen LogP) is 2.11. The zero-order chi connectivity index (χ0) is 15.5. The fourth-order valence-electron chi connectivity index (χ4n) is 2.47. The number of piperazine rings is 1.